The van der Waals surface area contributed by atoms with Crippen LogP contribution in [0.25, 0.3) is 0 Å². The van der Waals surface area contributed by atoms with Crippen molar-refractivity contribution >= 4 is 17.6 Å². The lowest BCUT2D eigenvalue weighted by molar-refractivity contribution is -0.128. The first-order valence-electron chi connectivity index (χ1n) is 7.64. The molecule has 1 aliphatic heterocycles. The van der Waals surface area contributed by atoms with Crippen molar-refractivity contribution in [3.63, 3.8) is 0 Å². The molecule has 0 aromatic heterocycles. The van der Waals surface area contributed by atoms with Crippen LogP contribution in [-0.2, 0) is 4.79 Å². The molecule has 22 heavy (non-hydrogen) atoms. The fourth-order valence-electron chi connectivity index (χ4n) is 2.44. The lowest BCUT2D eigenvalue weighted by Gasteiger charge is -2.21. The van der Waals surface area contributed by atoms with Crippen LogP contribution in [0.1, 0.15) is 20.3 Å². The molecular weight excluding hydrogens is 282 g/mol. The van der Waals surface area contributed by atoms with Gasteiger partial charge in [0.2, 0.25) is 5.91 Å². The number of hydrogen-bond donors (Lipinski definition) is 1. The largest absolute Gasteiger partial charge is 0.494 e. The Hall–Kier alpha value is -2.24. The van der Waals surface area contributed by atoms with Gasteiger partial charge in [0.05, 0.1) is 6.61 Å². The highest BCUT2D eigenvalue weighted by Crippen LogP contribution is 2.16. The van der Waals surface area contributed by atoms with Crippen molar-refractivity contribution in [3.05, 3.63) is 24.3 Å². The Morgan fingerprint density at radius 3 is 2.36 bits per heavy atom. The molecule has 1 aromatic rings. The molecule has 0 atom stereocenters. The van der Waals surface area contributed by atoms with Gasteiger partial charge in [-0.25, -0.2) is 4.79 Å². The number of urea groups is 1. The summed E-state index contributed by atoms with van der Waals surface area (Å²) in [6, 6.07) is 7.18. The fraction of sp³-hybridized carbons (Fsp3) is 0.500. The zero-order valence-electron chi connectivity index (χ0n) is 13.2. The number of carbonyl (C=O) groups is 2. The minimum Gasteiger partial charge on any atom is -0.494 e. The molecule has 0 saturated carbocycles. The second-order valence-electron chi connectivity index (χ2n) is 5.23. The van der Waals surface area contributed by atoms with Gasteiger partial charge in [0.15, 0.2) is 0 Å². The summed E-state index contributed by atoms with van der Waals surface area (Å²) in [5.74, 6) is 0.848. The Morgan fingerprint density at radius 1 is 1.09 bits per heavy atom. The molecule has 1 fully saturated rings. The van der Waals surface area contributed by atoms with E-state index in [0.29, 0.717) is 32.8 Å². The van der Waals surface area contributed by atoms with Gasteiger partial charge in [0.25, 0.3) is 0 Å². The van der Waals surface area contributed by atoms with E-state index in [1.165, 1.54) is 0 Å². The van der Waals surface area contributed by atoms with Crippen LogP contribution in [0.3, 0.4) is 0 Å². The van der Waals surface area contributed by atoms with Crippen molar-refractivity contribution in [1.82, 2.24) is 9.80 Å². The van der Waals surface area contributed by atoms with Crippen molar-refractivity contribution in [1.29, 1.82) is 0 Å². The summed E-state index contributed by atoms with van der Waals surface area (Å²) in [5.41, 5.74) is 0.737. The Kier molecular flexibility index (Phi) is 5.63. The number of rotatable bonds is 3. The van der Waals surface area contributed by atoms with E-state index in [1.54, 1.807) is 16.7 Å². The first-order chi connectivity index (χ1) is 10.6. The SMILES string of the molecule is CCOc1ccc(NC(=O)N2CCCN(C(C)=O)CC2)cc1. The fourth-order valence-corrected chi connectivity index (χ4v) is 2.44. The highest BCUT2D eigenvalue weighted by molar-refractivity contribution is 5.89. The molecule has 1 N–H and O–H groups in total. The maximum atomic E-state index is 12.3. The van der Waals surface area contributed by atoms with Crippen LogP contribution in [0, 0.1) is 0 Å². The molecule has 0 bridgehead atoms. The minimum atomic E-state index is -0.130. The lowest BCUT2D eigenvalue weighted by Crippen LogP contribution is -2.38. The van der Waals surface area contributed by atoms with E-state index in [4.69, 9.17) is 4.74 Å². The molecule has 1 aliphatic rings. The smallest absolute Gasteiger partial charge is 0.321 e. The summed E-state index contributed by atoms with van der Waals surface area (Å²) < 4.78 is 5.37. The van der Waals surface area contributed by atoms with Gasteiger partial charge < -0.3 is 19.9 Å². The summed E-state index contributed by atoms with van der Waals surface area (Å²) in [6.45, 7) is 6.63. The minimum absolute atomic E-state index is 0.0637. The molecule has 1 aromatic carbocycles. The van der Waals surface area contributed by atoms with Crippen LogP contribution in [0.4, 0.5) is 10.5 Å². The van der Waals surface area contributed by atoms with Crippen molar-refractivity contribution in [2.45, 2.75) is 20.3 Å². The molecule has 0 spiro atoms. The van der Waals surface area contributed by atoms with Gasteiger partial charge in [-0.1, -0.05) is 0 Å². The third kappa shape index (κ3) is 4.38. The Balaban J connectivity index is 1.90. The molecular formula is C16H23N3O3. The average Bonchev–Trinajstić information content (AvgIpc) is 2.75. The van der Waals surface area contributed by atoms with Crippen LogP contribution in [-0.4, -0.2) is 54.5 Å². The predicted octanol–water partition coefficient (Wildman–Crippen LogP) is 2.17. The molecule has 120 valence electrons. The van der Waals surface area contributed by atoms with Gasteiger partial charge in [-0.2, -0.15) is 0 Å². The number of anilines is 1. The lowest BCUT2D eigenvalue weighted by atomic mass is 10.3. The molecule has 0 unspecified atom stereocenters. The zero-order chi connectivity index (χ0) is 15.9. The van der Waals surface area contributed by atoms with E-state index in [9.17, 15) is 9.59 Å². The van der Waals surface area contributed by atoms with Crippen LogP contribution in [0.2, 0.25) is 0 Å². The number of nitrogens with one attached hydrogen (secondary N) is 1. The predicted molar refractivity (Wildman–Crippen MR) is 85.1 cm³/mol. The molecule has 2 rings (SSSR count). The molecule has 6 heteroatoms. The highest BCUT2D eigenvalue weighted by atomic mass is 16.5. The molecule has 1 heterocycles. The van der Waals surface area contributed by atoms with Gasteiger partial charge in [0.1, 0.15) is 5.75 Å². The average molecular weight is 305 g/mol. The standard InChI is InChI=1S/C16H23N3O3/c1-3-22-15-7-5-14(6-8-15)17-16(21)19-10-4-9-18(11-12-19)13(2)20/h5-8H,3-4,9-12H2,1-2H3,(H,17,21). The van der Waals surface area contributed by atoms with Gasteiger partial charge in [0, 0.05) is 38.8 Å². The Bertz CT molecular complexity index is 516. The first kappa shape index (κ1) is 16.1. The molecule has 0 radical (unpaired) electrons. The van der Waals surface area contributed by atoms with E-state index >= 15 is 0 Å². The summed E-state index contributed by atoms with van der Waals surface area (Å²) in [7, 11) is 0. The second kappa shape index (κ2) is 7.68. The van der Waals surface area contributed by atoms with Crippen LogP contribution in [0.15, 0.2) is 24.3 Å². The van der Waals surface area contributed by atoms with Crippen molar-refractivity contribution < 1.29 is 14.3 Å². The summed E-state index contributed by atoms with van der Waals surface area (Å²) in [5, 5.41) is 2.88. The number of nitrogens with zero attached hydrogens (tertiary/aromatic N) is 2. The highest BCUT2D eigenvalue weighted by Gasteiger charge is 2.20. The summed E-state index contributed by atoms with van der Waals surface area (Å²) >= 11 is 0. The van der Waals surface area contributed by atoms with Gasteiger partial charge in [-0.05, 0) is 37.6 Å². The van der Waals surface area contributed by atoms with Crippen LogP contribution >= 0.6 is 0 Å². The number of ether oxygens (including phenoxy) is 1. The Labute approximate surface area is 131 Å². The number of hydrogen-bond acceptors (Lipinski definition) is 3. The molecule has 6 nitrogen and oxygen atoms in total. The monoisotopic (exact) mass is 305 g/mol. The van der Waals surface area contributed by atoms with Gasteiger partial charge >= 0.3 is 6.03 Å². The van der Waals surface area contributed by atoms with E-state index in [2.05, 4.69) is 5.32 Å². The maximum absolute atomic E-state index is 12.3. The molecule has 3 amide bonds. The van der Waals surface area contributed by atoms with E-state index in [1.807, 2.05) is 31.2 Å². The van der Waals surface area contributed by atoms with E-state index in [-0.39, 0.29) is 11.9 Å². The maximum Gasteiger partial charge on any atom is 0.321 e. The zero-order valence-corrected chi connectivity index (χ0v) is 13.2. The summed E-state index contributed by atoms with van der Waals surface area (Å²) in [6.07, 6.45) is 0.802. The second-order valence-corrected chi connectivity index (χ2v) is 5.23. The van der Waals surface area contributed by atoms with Gasteiger partial charge in [-0.15, -0.1) is 0 Å². The number of benzene rings is 1. The molecule has 1 saturated heterocycles. The van der Waals surface area contributed by atoms with Crippen molar-refractivity contribution in [2.24, 2.45) is 0 Å². The van der Waals surface area contributed by atoms with Crippen molar-refractivity contribution in [3.8, 4) is 5.75 Å². The normalized spacial score (nSPS) is 15.2. The number of amides is 3. The summed E-state index contributed by atoms with van der Waals surface area (Å²) in [4.78, 5) is 27.2. The quantitative estimate of drug-likeness (QED) is 0.931. The van der Waals surface area contributed by atoms with Crippen LogP contribution in [0.5, 0.6) is 5.75 Å². The van der Waals surface area contributed by atoms with Gasteiger partial charge in [-0.3, -0.25) is 4.79 Å². The third-order valence-corrected chi connectivity index (χ3v) is 3.65. The van der Waals surface area contributed by atoms with E-state index in [0.717, 1.165) is 17.9 Å². The Morgan fingerprint density at radius 2 is 1.73 bits per heavy atom. The van der Waals surface area contributed by atoms with Crippen molar-refractivity contribution in [2.75, 3.05) is 38.1 Å². The topological polar surface area (TPSA) is 61.9 Å². The number of carbonyl (C=O) groups excluding carboxylic acids is 2. The first-order valence-corrected chi connectivity index (χ1v) is 7.64. The van der Waals surface area contributed by atoms with E-state index < -0.39 is 0 Å². The molecule has 0 aliphatic carbocycles. The van der Waals surface area contributed by atoms with Crippen LogP contribution < -0.4 is 10.1 Å². The third-order valence-electron chi connectivity index (χ3n) is 3.65.